The summed E-state index contributed by atoms with van der Waals surface area (Å²) in [6, 6.07) is 16.6. The van der Waals surface area contributed by atoms with Gasteiger partial charge in [-0.05, 0) is 66.7 Å². The Morgan fingerprint density at radius 1 is 0.805 bits per heavy atom. The number of ether oxygens (including phenoxy) is 1. The third kappa shape index (κ3) is 7.86. The van der Waals surface area contributed by atoms with Crippen molar-refractivity contribution in [2.24, 2.45) is 0 Å². The Bertz CT molecular complexity index is 1600. The molecule has 5 N–H and O–H groups in total. The van der Waals surface area contributed by atoms with Crippen LogP contribution in [0.4, 0.5) is 29.3 Å². The number of phenols is 1. The van der Waals surface area contributed by atoms with Gasteiger partial charge in [0.15, 0.2) is 0 Å². The minimum Gasteiger partial charge on any atom is -0.508 e. The van der Waals surface area contributed by atoms with E-state index in [-0.39, 0.29) is 28.4 Å². The van der Waals surface area contributed by atoms with Crippen LogP contribution >= 0.6 is 11.6 Å². The second kappa shape index (κ2) is 12.3. The number of alkyl halides is 3. The number of hydrogen-bond acceptors (Lipinski definition) is 6. The molecule has 4 aromatic rings. The van der Waals surface area contributed by atoms with Crippen molar-refractivity contribution in [3.8, 4) is 17.2 Å². The van der Waals surface area contributed by atoms with Crippen LogP contribution < -0.4 is 26.2 Å². The number of aromatic nitrogens is 1. The van der Waals surface area contributed by atoms with Crippen LogP contribution in [0.3, 0.4) is 0 Å². The molecule has 1 heterocycles. The summed E-state index contributed by atoms with van der Waals surface area (Å²) in [5.41, 5.74) is 3.64. The molecule has 4 rings (SSSR count). The lowest BCUT2D eigenvalue weighted by Gasteiger charge is -2.13. The van der Waals surface area contributed by atoms with Gasteiger partial charge in [-0.2, -0.15) is 13.2 Å². The Hall–Kier alpha value is -5.30. The van der Waals surface area contributed by atoms with E-state index in [1.807, 2.05) is 0 Å². The number of hydrazine groups is 1. The lowest BCUT2D eigenvalue weighted by Crippen LogP contribution is -2.41. The Morgan fingerprint density at radius 3 is 2.20 bits per heavy atom. The van der Waals surface area contributed by atoms with Gasteiger partial charge in [0.05, 0.1) is 10.6 Å². The number of phenolic OH excluding ortho intramolecular Hbond substituents is 1. The van der Waals surface area contributed by atoms with E-state index in [0.717, 1.165) is 12.1 Å². The number of aromatic hydroxyl groups is 1. The van der Waals surface area contributed by atoms with Crippen molar-refractivity contribution in [3.63, 3.8) is 0 Å². The van der Waals surface area contributed by atoms with Crippen molar-refractivity contribution in [2.45, 2.75) is 6.18 Å². The van der Waals surface area contributed by atoms with Crippen molar-refractivity contribution in [3.05, 3.63) is 107 Å². The van der Waals surface area contributed by atoms with Gasteiger partial charge in [0.25, 0.3) is 11.8 Å². The molecular weight excluding hydrogens is 567 g/mol. The van der Waals surface area contributed by atoms with E-state index in [0.29, 0.717) is 11.4 Å². The van der Waals surface area contributed by atoms with Crippen molar-refractivity contribution in [2.75, 3.05) is 10.6 Å². The zero-order valence-corrected chi connectivity index (χ0v) is 21.4. The van der Waals surface area contributed by atoms with Gasteiger partial charge in [-0.15, -0.1) is 0 Å². The number of nitrogens with one attached hydrogen (secondary N) is 4. The summed E-state index contributed by atoms with van der Waals surface area (Å²) in [5, 5.41) is 13.8. The predicted octanol–water partition coefficient (Wildman–Crippen LogP) is 5.97. The van der Waals surface area contributed by atoms with E-state index < -0.39 is 34.6 Å². The summed E-state index contributed by atoms with van der Waals surface area (Å²) >= 11 is 5.59. The standard InChI is InChI=1S/C27H19ClF3N5O5/c28-22-9-6-17(13-21(22)27(29,30)31)34-26(40)33-16-4-7-19(8-5-16)41-20-10-11-32-23(14-20)25(39)36-35-24(38)15-2-1-3-18(37)12-15/h1-14,37H,(H,35,38)(H,36,39)(H2,33,34,40). The fraction of sp³-hybridized carbons (Fsp3) is 0.0370. The maximum Gasteiger partial charge on any atom is 0.417 e. The van der Waals surface area contributed by atoms with Gasteiger partial charge < -0.3 is 20.5 Å². The first-order valence-corrected chi connectivity index (χ1v) is 11.9. The largest absolute Gasteiger partial charge is 0.508 e. The summed E-state index contributed by atoms with van der Waals surface area (Å²) in [7, 11) is 0. The molecule has 41 heavy (non-hydrogen) atoms. The van der Waals surface area contributed by atoms with Crippen LogP contribution in [0.2, 0.25) is 5.02 Å². The van der Waals surface area contributed by atoms with E-state index in [9.17, 15) is 32.7 Å². The quantitative estimate of drug-likeness (QED) is 0.177. The highest BCUT2D eigenvalue weighted by Crippen LogP contribution is 2.36. The average molecular weight is 586 g/mol. The minimum atomic E-state index is -4.68. The summed E-state index contributed by atoms with van der Waals surface area (Å²) in [5.74, 6) is -0.909. The predicted molar refractivity (Wildman–Crippen MR) is 143 cm³/mol. The van der Waals surface area contributed by atoms with Crippen LogP contribution in [0.25, 0.3) is 0 Å². The first-order chi connectivity index (χ1) is 19.5. The number of nitrogens with zero attached hydrogens (tertiary/aromatic N) is 1. The lowest BCUT2D eigenvalue weighted by atomic mass is 10.2. The Kier molecular flexibility index (Phi) is 8.58. The van der Waals surface area contributed by atoms with Crippen molar-refractivity contribution in [1.29, 1.82) is 0 Å². The number of amides is 4. The number of rotatable bonds is 6. The molecule has 3 aromatic carbocycles. The highest BCUT2D eigenvalue weighted by molar-refractivity contribution is 6.31. The molecule has 0 aliphatic heterocycles. The second-order valence-corrected chi connectivity index (χ2v) is 8.64. The zero-order chi connectivity index (χ0) is 29.6. The van der Waals surface area contributed by atoms with Crippen LogP contribution in [0.15, 0.2) is 85.1 Å². The number of urea groups is 1. The van der Waals surface area contributed by atoms with Gasteiger partial charge in [-0.25, -0.2) is 4.79 Å². The summed E-state index contributed by atoms with van der Waals surface area (Å²) in [6.45, 7) is 0. The van der Waals surface area contributed by atoms with Gasteiger partial charge in [-0.1, -0.05) is 17.7 Å². The van der Waals surface area contributed by atoms with Crippen LogP contribution in [0, 0.1) is 0 Å². The van der Waals surface area contributed by atoms with Crippen LogP contribution in [0.5, 0.6) is 17.2 Å². The summed E-state index contributed by atoms with van der Waals surface area (Å²) < 4.78 is 44.8. The molecule has 0 bridgehead atoms. The molecule has 0 saturated heterocycles. The number of anilines is 2. The molecule has 0 aliphatic rings. The molecule has 0 aliphatic carbocycles. The maximum atomic E-state index is 13.0. The van der Waals surface area contributed by atoms with E-state index in [1.54, 1.807) is 0 Å². The number of benzene rings is 3. The number of hydrogen-bond donors (Lipinski definition) is 5. The van der Waals surface area contributed by atoms with Crippen molar-refractivity contribution < 1.29 is 37.4 Å². The number of carbonyl (C=O) groups excluding carboxylic acids is 3. The summed E-state index contributed by atoms with van der Waals surface area (Å²) in [4.78, 5) is 40.7. The second-order valence-electron chi connectivity index (χ2n) is 8.23. The third-order valence-corrected chi connectivity index (χ3v) is 5.57. The van der Waals surface area contributed by atoms with Crippen molar-refractivity contribution >= 4 is 40.8 Å². The first-order valence-electron chi connectivity index (χ1n) is 11.6. The molecule has 14 heteroatoms. The Balaban J connectivity index is 1.32. The molecule has 0 unspecified atom stereocenters. The number of pyridine rings is 1. The molecule has 10 nitrogen and oxygen atoms in total. The fourth-order valence-electron chi connectivity index (χ4n) is 3.35. The highest BCUT2D eigenvalue weighted by atomic mass is 35.5. The Morgan fingerprint density at radius 2 is 1.49 bits per heavy atom. The molecule has 0 spiro atoms. The van der Waals surface area contributed by atoms with Gasteiger partial charge >= 0.3 is 12.2 Å². The third-order valence-electron chi connectivity index (χ3n) is 5.24. The monoisotopic (exact) mass is 585 g/mol. The molecule has 1 aromatic heterocycles. The molecule has 4 amide bonds. The van der Waals surface area contributed by atoms with E-state index in [4.69, 9.17) is 16.3 Å². The molecule has 0 fully saturated rings. The molecule has 0 radical (unpaired) electrons. The van der Waals surface area contributed by atoms with Gasteiger partial charge in [0, 0.05) is 29.2 Å². The van der Waals surface area contributed by atoms with Gasteiger partial charge in [0.2, 0.25) is 0 Å². The van der Waals surface area contributed by atoms with Crippen molar-refractivity contribution in [1.82, 2.24) is 15.8 Å². The molecule has 210 valence electrons. The Labute approximate surface area is 235 Å². The molecular formula is C27H19ClF3N5O5. The number of carbonyl (C=O) groups is 3. The summed E-state index contributed by atoms with van der Waals surface area (Å²) in [6.07, 6.45) is -3.35. The van der Waals surface area contributed by atoms with Gasteiger partial charge in [-0.3, -0.25) is 25.4 Å². The van der Waals surface area contributed by atoms with E-state index in [2.05, 4.69) is 26.5 Å². The van der Waals surface area contributed by atoms with E-state index in [1.165, 1.54) is 72.9 Å². The fourth-order valence-corrected chi connectivity index (χ4v) is 3.58. The van der Waals surface area contributed by atoms with E-state index >= 15 is 0 Å². The minimum absolute atomic E-state index is 0.0652. The van der Waals surface area contributed by atoms with Crippen LogP contribution in [-0.2, 0) is 6.18 Å². The SMILES string of the molecule is O=C(Nc1ccc(Oc2ccnc(C(=O)NNC(=O)c3cccc(O)c3)c2)cc1)Nc1ccc(Cl)c(C(F)(F)F)c1. The maximum absolute atomic E-state index is 13.0. The normalized spacial score (nSPS) is 10.8. The smallest absolute Gasteiger partial charge is 0.417 e. The first kappa shape index (κ1) is 28.7. The van der Waals surface area contributed by atoms with Crippen LogP contribution in [-0.4, -0.2) is 27.9 Å². The van der Waals surface area contributed by atoms with Crippen LogP contribution in [0.1, 0.15) is 26.4 Å². The average Bonchev–Trinajstić information content (AvgIpc) is 2.93. The van der Waals surface area contributed by atoms with Gasteiger partial charge in [0.1, 0.15) is 22.9 Å². The molecule has 0 atom stereocenters. The topological polar surface area (TPSA) is 142 Å². The molecule has 0 saturated carbocycles. The number of halogens is 4. The lowest BCUT2D eigenvalue weighted by molar-refractivity contribution is -0.137. The highest BCUT2D eigenvalue weighted by Gasteiger charge is 2.33. The zero-order valence-electron chi connectivity index (χ0n) is 20.6.